The zero-order valence-corrected chi connectivity index (χ0v) is 13.3. The SMILES string of the molecule is O=C(NC(CO)C(=O)OCCCCON(O)O)OCCCON(O)O. The average Bonchev–Trinajstić information content (AvgIpc) is 2.54. The predicted octanol–water partition coefficient (Wildman–Crippen LogP) is -1.19. The number of ether oxygens (including phenoxy) is 2. The molecule has 0 fully saturated rings. The first-order valence-corrected chi connectivity index (χ1v) is 7.19. The molecule has 0 radical (unpaired) electrons. The number of carbonyl (C=O) groups excluding carboxylic acids is 2. The number of carbonyl (C=O) groups is 2. The van der Waals surface area contributed by atoms with Gasteiger partial charge in [-0.15, -0.1) is 0 Å². The largest absolute Gasteiger partial charge is 0.464 e. The third-order valence-electron chi connectivity index (χ3n) is 2.48. The quantitative estimate of drug-likeness (QED) is 0.121. The number of hydrogen-bond donors (Lipinski definition) is 6. The topological polar surface area (TPSA) is 191 Å². The number of nitrogens with one attached hydrogen (secondary N) is 1. The van der Waals surface area contributed by atoms with Crippen molar-refractivity contribution in [3.05, 3.63) is 0 Å². The smallest absolute Gasteiger partial charge is 0.407 e. The van der Waals surface area contributed by atoms with E-state index in [2.05, 4.69) is 19.7 Å². The van der Waals surface area contributed by atoms with E-state index < -0.39 is 35.5 Å². The van der Waals surface area contributed by atoms with Gasteiger partial charge in [0, 0.05) is 6.42 Å². The predicted molar refractivity (Wildman–Crippen MR) is 72.9 cm³/mol. The van der Waals surface area contributed by atoms with Gasteiger partial charge in [0.2, 0.25) is 0 Å². The number of alkyl carbamates (subject to hydrolysis) is 1. The lowest BCUT2D eigenvalue weighted by molar-refractivity contribution is -0.492. The van der Waals surface area contributed by atoms with Gasteiger partial charge >= 0.3 is 12.1 Å². The van der Waals surface area contributed by atoms with Crippen LogP contribution in [0.2, 0.25) is 0 Å². The van der Waals surface area contributed by atoms with Gasteiger partial charge in [0.05, 0.1) is 43.8 Å². The fraction of sp³-hybridized carbons (Fsp3) is 0.818. The Bertz CT molecular complexity index is 369. The van der Waals surface area contributed by atoms with E-state index in [-0.39, 0.29) is 32.8 Å². The van der Waals surface area contributed by atoms with Crippen LogP contribution in [0.3, 0.4) is 0 Å². The Labute approximate surface area is 142 Å². The second kappa shape index (κ2) is 14.7. The monoisotopic (exact) mass is 373 g/mol. The van der Waals surface area contributed by atoms with Crippen molar-refractivity contribution in [2.45, 2.75) is 25.3 Å². The van der Waals surface area contributed by atoms with Crippen molar-refractivity contribution in [2.24, 2.45) is 0 Å². The van der Waals surface area contributed by atoms with Crippen LogP contribution in [0.15, 0.2) is 0 Å². The van der Waals surface area contributed by atoms with Crippen molar-refractivity contribution < 1.29 is 54.7 Å². The van der Waals surface area contributed by atoms with Crippen molar-refractivity contribution in [3.8, 4) is 0 Å². The van der Waals surface area contributed by atoms with Crippen LogP contribution >= 0.6 is 0 Å². The zero-order valence-electron chi connectivity index (χ0n) is 13.3. The molecule has 0 rings (SSSR count). The van der Waals surface area contributed by atoms with Crippen LogP contribution in [-0.4, -0.2) is 87.9 Å². The van der Waals surface area contributed by atoms with Gasteiger partial charge < -0.3 is 19.9 Å². The molecule has 0 spiro atoms. The van der Waals surface area contributed by atoms with E-state index in [1.807, 2.05) is 0 Å². The van der Waals surface area contributed by atoms with Gasteiger partial charge in [-0.3, -0.25) is 30.5 Å². The molecule has 0 aliphatic rings. The Morgan fingerprint density at radius 2 is 1.36 bits per heavy atom. The summed E-state index contributed by atoms with van der Waals surface area (Å²) >= 11 is 0. The summed E-state index contributed by atoms with van der Waals surface area (Å²) < 4.78 is 9.52. The maximum atomic E-state index is 11.6. The fourth-order valence-electron chi connectivity index (χ4n) is 1.36. The highest BCUT2D eigenvalue weighted by molar-refractivity contribution is 5.81. The van der Waals surface area contributed by atoms with Crippen molar-refractivity contribution >= 4 is 12.1 Å². The van der Waals surface area contributed by atoms with Gasteiger partial charge in [0.15, 0.2) is 6.04 Å². The summed E-state index contributed by atoms with van der Waals surface area (Å²) in [7, 11) is 0. The lowest BCUT2D eigenvalue weighted by Gasteiger charge is -2.15. The molecule has 0 aromatic heterocycles. The number of aliphatic hydroxyl groups excluding tert-OH is 1. The lowest BCUT2D eigenvalue weighted by atomic mass is 10.3. The molecule has 0 aromatic rings. The lowest BCUT2D eigenvalue weighted by Crippen LogP contribution is -2.44. The standard InChI is InChI=1S/C11H23N3O11/c15-8-9(10(16)22-4-1-2-6-24-13(18)19)12-11(17)23-5-3-7-25-14(20)21/h9,15,18-21H,1-8H2,(H,12,17). The van der Waals surface area contributed by atoms with Crippen LogP contribution in [-0.2, 0) is 23.9 Å². The summed E-state index contributed by atoms with van der Waals surface area (Å²) in [6.07, 6.45) is -0.0963. The van der Waals surface area contributed by atoms with Crippen LogP contribution in [0.25, 0.3) is 0 Å². The molecule has 0 saturated heterocycles. The van der Waals surface area contributed by atoms with Crippen LogP contribution in [0.4, 0.5) is 4.79 Å². The molecule has 6 N–H and O–H groups in total. The van der Waals surface area contributed by atoms with Crippen LogP contribution in [0, 0.1) is 0 Å². The molecule has 25 heavy (non-hydrogen) atoms. The van der Waals surface area contributed by atoms with Gasteiger partial charge in [0.25, 0.3) is 0 Å². The van der Waals surface area contributed by atoms with Crippen molar-refractivity contribution in [3.63, 3.8) is 0 Å². The van der Waals surface area contributed by atoms with Crippen molar-refractivity contribution in [1.82, 2.24) is 16.1 Å². The number of aliphatic hydroxyl groups is 1. The number of rotatable bonds is 14. The molecule has 14 nitrogen and oxygen atoms in total. The maximum absolute atomic E-state index is 11.6. The van der Waals surface area contributed by atoms with E-state index in [0.29, 0.717) is 12.8 Å². The first-order valence-electron chi connectivity index (χ1n) is 7.19. The molecule has 0 aliphatic carbocycles. The van der Waals surface area contributed by atoms with Crippen LogP contribution < -0.4 is 5.32 Å². The molecule has 1 unspecified atom stereocenters. The summed E-state index contributed by atoms with van der Waals surface area (Å²) in [6, 6.07) is -1.31. The first-order chi connectivity index (χ1) is 11.9. The average molecular weight is 373 g/mol. The summed E-state index contributed by atoms with van der Waals surface area (Å²) in [5.41, 5.74) is 0. The summed E-state index contributed by atoms with van der Waals surface area (Å²) in [4.78, 5) is 31.6. The molecule has 0 aliphatic heterocycles. The highest BCUT2D eigenvalue weighted by Gasteiger charge is 2.22. The Balaban J connectivity index is 3.82. The number of nitrogens with zero attached hydrogens (tertiary/aromatic N) is 2. The Kier molecular flexibility index (Phi) is 13.7. The van der Waals surface area contributed by atoms with E-state index in [0.717, 1.165) is 0 Å². The zero-order chi connectivity index (χ0) is 19.1. The third-order valence-corrected chi connectivity index (χ3v) is 2.48. The van der Waals surface area contributed by atoms with Gasteiger partial charge in [-0.1, -0.05) is 0 Å². The van der Waals surface area contributed by atoms with E-state index in [9.17, 15) is 9.59 Å². The molecular formula is C11H23N3O11. The van der Waals surface area contributed by atoms with E-state index in [1.165, 1.54) is 0 Å². The van der Waals surface area contributed by atoms with E-state index in [1.54, 1.807) is 0 Å². The molecule has 14 heteroatoms. The van der Waals surface area contributed by atoms with Crippen molar-refractivity contribution in [1.29, 1.82) is 0 Å². The molecular weight excluding hydrogens is 350 g/mol. The highest BCUT2D eigenvalue weighted by Crippen LogP contribution is 1.96. The molecule has 148 valence electrons. The third kappa shape index (κ3) is 14.4. The van der Waals surface area contributed by atoms with Crippen LogP contribution in [0.5, 0.6) is 0 Å². The summed E-state index contributed by atoms with van der Waals surface area (Å²) in [5, 5.41) is 43.3. The minimum absolute atomic E-state index is 0.00735. The number of amides is 1. The van der Waals surface area contributed by atoms with Crippen LogP contribution in [0.1, 0.15) is 19.3 Å². The van der Waals surface area contributed by atoms with Gasteiger partial charge in [-0.25, -0.2) is 9.59 Å². The molecule has 1 amide bonds. The van der Waals surface area contributed by atoms with Crippen molar-refractivity contribution in [2.75, 3.05) is 33.0 Å². The molecule has 0 saturated carbocycles. The van der Waals surface area contributed by atoms with Gasteiger partial charge in [0.1, 0.15) is 0 Å². The maximum Gasteiger partial charge on any atom is 0.407 e. The minimum Gasteiger partial charge on any atom is -0.464 e. The highest BCUT2D eigenvalue weighted by atomic mass is 17.1. The second-order valence-corrected chi connectivity index (χ2v) is 4.42. The molecule has 0 aromatic carbocycles. The number of hydrogen-bond acceptors (Lipinski definition) is 13. The first kappa shape index (κ1) is 23.4. The molecule has 0 bridgehead atoms. The minimum atomic E-state index is -1.31. The summed E-state index contributed by atoms with van der Waals surface area (Å²) in [6.45, 7) is -0.984. The second-order valence-electron chi connectivity index (χ2n) is 4.42. The molecule has 1 atom stereocenters. The Hall–Kier alpha value is -1.62. The summed E-state index contributed by atoms with van der Waals surface area (Å²) in [5.74, 6) is -0.870. The van der Waals surface area contributed by atoms with Gasteiger partial charge in [-0.2, -0.15) is 0 Å². The van der Waals surface area contributed by atoms with Gasteiger partial charge in [-0.05, 0) is 12.8 Å². The number of esters is 1. The normalized spacial score (nSPS) is 12.3. The Morgan fingerprint density at radius 3 is 1.92 bits per heavy atom. The van der Waals surface area contributed by atoms with E-state index in [4.69, 9.17) is 30.7 Å². The molecule has 0 heterocycles. The Morgan fingerprint density at radius 1 is 0.840 bits per heavy atom. The number of unbranched alkanes of at least 4 members (excludes halogenated alkanes) is 1. The fourth-order valence-corrected chi connectivity index (χ4v) is 1.36. The van der Waals surface area contributed by atoms with E-state index >= 15 is 0 Å².